The summed E-state index contributed by atoms with van der Waals surface area (Å²) in [4.78, 5) is 40.1. The van der Waals surface area contributed by atoms with Crippen LogP contribution in [0.3, 0.4) is 0 Å². The van der Waals surface area contributed by atoms with Crippen molar-refractivity contribution in [3.63, 3.8) is 0 Å². The number of methoxy groups -OCH3 is 2. The number of hydrogen-bond acceptors (Lipinski definition) is 6. The molecule has 6 atom stereocenters. The van der Waals surface area contributed by atoms with Gasteiger partial charge in [-0.2, -0.15) is 0 Å². The first-order valence-corrected chi connectivity index (χ1v) is 10.5. The van der Waals surface area contributed by atoms with Crippen molar-refractivity contribution in [2.45, 2.75) is 70.7 Å². The van der Waals surface area contributed by atoms with Crippen LogP contribution in [0.15, 0.2) is 0 Å². The van der Waals surface area contributed by atoms with Crippen molar-refractivity contribution in [3.8, 4) is 0 Å². The Labute approximate surface area is 175 Å². The molecule has 1 heterocycles. The van der Waals surface area contributed by atoms with Gasteiger partial charge in [0.25, 0.3) is 0 Å². The van der Waals surface area contributed by atoms with Gasteiger partial charge < -0.3 is 29.8 Å². The Morgan fingerprint density at radius 2 is 1.93 bits per heavy atom. The fourth-order valence-electron chi connectivity index (χ4n) is 4.43. The summed E-state index contributed by atoms with van der Waals surface area (Å²) in [7, 11) is 4.87. The molecule has 0 bridgehead atoms. The molecule has 0 spiro atoms. The van der Waals surface area contributed by atoms with Crippen molar-refractivity contribution >= 4 is 18.1 Å². The van der Waals surface area contributed by atoms with E-state index in [0.717, 1.165) is 25.5 Å². The lowest BCUT2D eigenvalue weighted by Gasteiger charge is -2.39. The third kappa shape index (κ3) is 6.23. The van der Waals surface area contributed by atoms with Gasteiger partial charge in [-0.15, -0.1) is 0 Å². The first-order chi connectivity index (χ1) is 13.8. The molecule has 29 heavy (non-hydrogen) atoms. The standard InChI is InChI=1S/C21H39N3O5/c1-7-14(2)20(23(4)19(27)12-22)17(28-5)11-18(26)24-10-8-9-16(24)21(29-6)15(3)13-25/h13-17,20-21H,7-12,22H2,1-6H3/t14-,15-,16-,17+,20-,21+/m0/s1. The fraction of sp³-hybridized carbons (Fsp3) is 0.857. The molecule has 0 saturated carbocycles. The van der Waals surface area contributed by atoms with Gasteiger partial charge in [0.05, 0.1) is 37.3 Å². The zero-order valence-corrected chi connectivity index (χ0v) is 18.8. The number of likely N-dealkylation sites (tertiary alicyclic amines) is 1. The molecular formula is C21H39N3O5. The van der Waals surface area contributed by atoms with Crippen LogP contribution in [0, 0.1) is 11.8 Å². The maximum absolute atomic E-state index is 13.2. The highest BCUT2D eigenvalue weighted by atomic mass is 16.5. The van der Waals surface area contributed by atoms with Gasteiger partial charge in [0.1, 0.15) is 6.29 Å². The van der Waals surface area contributed by atoms with Crippen LogP contribution in [0.4, 0.5) is 0 Å². The molecule has 1 aliphatic heterocycles. The average Bonchev–Trinajstić information content (AvgIpc) is 3.21. The second-order valence-electron chi connectivity index (χ2n) is 8.06. The van der Waals surface area contributed by atoms with Crippen molar-refractivity contribution in [1.82, 2.24) is 9.80 Å². The second-order valence-corrected chi connectivity index (χ2v) is 8.06. The predicted octanol–water partition coefficient (Wildman–Crippen LogP) is 1.06. The molecule has 1 fully saturated rings. The normalized spacial score (nSPS) is 21.9. The van der Waals surface area contributed by atoms with Gasteiger partial charge in [-0.1, -0.05) is 27.2 Å². The molecule has 168 valence electrons. The smallest absolute Gasteiger partial charge is 0.236 e. The number of rotatable bonds is 12. The molecule has 1 saturated heterocycles. The van der Waals surface area contributed by atoms with E-state index < -0.39 is 6.10 Å². The van der Waals surface area contributed by atoms with E-state index in [4.69, 9.17) is 15.2 Å². The van der Waals surface area contributed by atoms with Crippen LogP contribution in [-0.2, 0) is 23.9 Å². The van der Waals surface area contributed by atoms with E-state index in [1.807, 2.05) is 25.7 Å². The molecule has 0 aromatic carbocycles. The number of hydrogen-bond donors (Lipinski definition) is 1. The number of aldehydes is 1. The van der Waals surface area contributed by atoms with Crippen LogP contribution >= 0.6 is 0 Å². The number of likely N-dealkylation sites (N-methyl/N-ethyl adjacent to an activating group) is 1. The number of nitrogens with zero attached hydrogens (tertiary/aromatic N) is 2. The molecule has 2 N–H and O–H groups in total. The van der Waals surface area contributed by atoms with Gasteiger partial charge in [0.15, 0.2) is 0 Å². The zero-order valence-electron chi connectivity index (χ0n) is 18.8. The SMILES string of the molecule is CC[C@H](C)[C@@H]([C@@H](CC(=O)N1CCC[C@H]1[C@H](OC)[C@@H](C)C=O)OC)N(C)C(=O)CN. The maximum atomic E-state index is 13.2. The number of carbonyl (C=O) groups is 3. The van der Waals surface area contributed by atoms with Crippen LogP contribution in [0.1, 0.15) is 46.5 Å². The highest BCUT2D eigenvalue weighted by molar-refractivity contribution is 5.79. The molecule has 0 radical (unpaired) electrons. The van der Waals surface area contributed by atoms with Crippen molar-refractivity contribution < 1.29 is 23.9 Å². The van der Waals surface area contributed by atoms with Gasteiger partial charge in [-0.3, -0.25) is 9.59 Å². The van der Waals surface area contributed by atoms with Crippen molar-refractivity contribution in [2.24, 2.45) is 17.6 Å². The first kappa shape index (κ1) is 25.5. The lowest BCUT2D eigenvalue weighted by atomic mass is 9.90. The molecular weight excluding hydrogens is 374 g/mol. The van der Waals surface area contributed by atoms with Gasteiger partial charge in [0, 0.05) is 33.7 Å². The van der Waals surface area contributed by atoms with Crippen LogP contribution in [0.2, 0.25) is 0 Å². The lowest BCUT2D eigenvalue weighted by Crippen LogP contribution is -2.53. The van der Waals surface area contributed by atoms with E-state index in [2.05, 4.69) is 0 Å². The molecule has 0 unspecified atom stereocenters. The van der Waals surface area contributed by atoms with Gasteiger partial charge in [-0.05, 0) is 18.8 Å². The van der Waals surface area contributed by atoms with Crippen molar-refractivity contribution in [1.29, 1.82) is 0 Å². The molecule has 0 aliphatic carbocycles. The minimum Gasteiger partial charge on any atom is -0.379 e. The average molecular weight is 414 g/mol. The third-order valence-electron chi connectivity index (χ3n) is 6.31. The van der Waals surface area contributed by atoms with Gasteiger partial charge in [0.2, 0.25) is 11.8 Å². The zero-order chi connectivity index (χ0) is 22.1. The largest absolute Gasteiger partial charge is 0.379 e. The molecule has 8 nitrogen and oxygen atoms in total. The lowest BCUT2D eigenvalue weighted by molar-refractivity contribution is -0.144. The third-order valence-corrected chi connectivity index (χ3v) is 6.31. The topological polar surface area (TPSA) is 102 Å². The van der Waals surface area contributed by atoms with Crippen LogP contribution in [0.25, 0.3) is 0 Å². The van der Waals surface area contributed by atoms with Crippen LogP contribution in [-0.4, -0.2) is 86.5 Å². The molecule has 2 amide bonds. The summed E-state index contributed by atoms with van der Waals surface area (Å²) in [6.45, 7) is 6.46. The van der Waals surface area contributed by atoms with E-state index in [1.165, 1.54) is 0 Å². The highest BCUT2D eigenvalue weighted by Crippen LogP contribution is 2.28. The Morgan fingerprint density at radius 1 is 1.28 bits per heavy atom. The maximum Gasteiger partial charge on any atom is 0.236 e. The molecule has 0 aromatic heterocycles. The number of ether oxygens (including phenoxy) is 2. The Bertz CT molecular complexity index is 544. The fourth-order valence-corrected chi connectivity index (χ4v) is 4.43. The summed E-state index contributed by atoms with van der Waals surface area (Å²) in [5.41, 5.74) is 5.55. The van der Waals surface area contributed by atoms with E-state index in [1.54, 1.807) is 26.2 Å². The molecule has 1 rings (SSSR count). The first-order valence-electron chi connectivity index (χ1n) is 10.5. The summed E-state index contributed by atoms with van der Waals surface area (Å²) in [5, 5.41) is 0. The Balaban J connectivity index is 3.01. The molecule has 0 aromatic rings. The quantitative estimate of drug-likeness (QED) is 0.480. The van der Waals surface area contributed by atoms with E-state index in [0.29, 0.717) is 6.54 Å². The second kappa shape index (κ2) is 12.2. The minimum absolute atomic E-state index is 0.0404. The Hall–Kier alpha value is -1.51. The van der Waals surface area contributed by atoms with Gasteiger partial charge >= 0.3 is 0 Å². The van der Waals surface area contributed by atoms with E-state index >= 15 is 0 Å². The predicted molar refractivity (Wildman–Crippen MR) is 111 cm³/mol. The molecule has 8 heteroatoms. The van der Waals surface area contributed by atoms with Crippen LogP contribution in [0.5, 0.6) is 0 Å². The summed E-state index contributed by atoms with van der Waals surface area (Å²) < 4.78 is 11.3. The van der Waals surface area contributed by atoms with E-state index in [9.17, 15) is 14.4 Å². The summed E-state index contributed by atoms with van der Waals surface area (Å²) in [5.74, 6) is -0.369. The minimum atomic E-state index is -0.441. The Morgan fingerprint density at radius 3 is 2.41 bits per heavy atom. The summed E-state index contributed by atoms with van der Waals surface area (Å²) >= 11 is 0. The van der Waals surface area contributed by atoms with Crippen molar-refractivity contribution in [2.75, 3.05) is 34.4 Å². The number of nitrogens with two attached hydrogens (primary N) is 1. The number of carbonyl (C=O) groups excluding carboxylic acids is 3. The monoisotopic (exact) mass is 413 g/mol. The van der Waals surface area contributed by atoms with Gasteiger partial charge in [-0.25, -0.2) is 0 Å². The Kier molecular flexibility index (Phi) is 10.8. The molecule has 1 aliphatic rings. The highest BCUT2D eigenvalue weighted by Gasteiger charge is 2.40. The van der Waals surface area contributed by atoms with E-state index in [-0.39, 0.29) is 54.8 Å². The number of amides is 2. The summed E-state index contributed by atoms with van der Waals surface area (Å²) in [6.07, 6.45) is 2.79. The van der Waals surface area contributed by atoms with Crippen molar-refractivity contribution in [3.05, 3.63) is 0 Å². The summed E-state index contributed by atoms with van der Waals surface area (Å²) in [6, 6.07) is -0.381. The van der Waals surface area contributed by atoms with Crippen LogP contribution < -0.4 is 5.73 Å².